The molecule has 7 rings (SSSR count). The fraction of sp³-hybridized carbons (Fsp3) is 0.971. The summed E-state index contributed by atoms with van der Waals surface area (Å²) in [6, 6.07) is 0.693. The first kappa shape index (κ1) is 29.0. The number of ether oxygens (including phenoxy) is 3. The molecule has 0 aromatic rings. The summed E-state index contributed by atoms with van der Waals surface area (Å²) in [7, 11) is 0. The second-order valence-corrected chi connectivity index (χ2v) is 17.0. The van der Waals surface area contributed by atoms with E-state index in [4.69, 9.17) is 14.2 Å². The lowest BCUT2D eigenvalue weighted by Crippen LogP contribution is -2.59. The van der Waals surface area contributed by atoms with Crippen molar-refractivity contribution in [3.05, 3.63) is 0 Å². The summed E-state index contributed by atoms with van der Waals surface area (Å²) in [5.41, 5.74) is 0.620. The Labute approximate surface area is 248 Å². The minimum absolute atomic E-state index is 0.218. The quantitative estimate of drug-likeness (QED) is 0.428. The molecule has 2 aliphatic heterocycles. The van der Waals surface area contributed by atoms with E-state index in [-0.39, 0.29) is 18.2 Å². The van der Waals surface area contributed by atoms with Gasteiger partial charge < -0.3 is 19.3 Å². The summed E-state index contributed by atoms with van der Waals surface area (Å²) in [6.45, 7) is 19.5. The maximum Gasteiger partial charge on any atom is 0.303 e. The number of morpholine rings is 1. The molecule has 0 aromatic carbocycles. The molecule has 0 amide bonds. The Bertz CT molecular complexity index is 1050. The van der Waals surface area contributed by atoms with Gasteiger partial charge in [0.15, 0.2) is 6.10 Å². The highest BCUT2D eigenvalue weighted by Gasteiger charge is 2.84. The van der Waals surface area contributed by atoms with Crippen LogP contribution >= 0.6 is 0 Å². The van der Waals surface area contributed by atoms with Crippen molar-refractivity contribution in [1.82, 2.24) is 4.90 Å². The van der Waals surface area contributed by atoms with Crippen LogP contribution in [0.5, 0.6) is 0 Å². The van der Waals surface area contributed by atoms with Crippen molar-refractivity contribution in [2.45, 2.75) is 136 Å². The van der Waals surface area contributed by atoms with E-state index in [1.807, 2.05) is 0 Å². The number of nitrogens with zero attached hydrogens (tertiary/aromatic N) is 1. The number of fused-ring (bicyclic) bond motifs is 4. The van der Waals surface area contributed by atoms with Crippen LogP contribution in [0, 0.1) is 51.2 Å². The van der Waals surface area contributed by atoms with Crippen molar-refractivity contribution in [2.75, 3.05) is 26.3 Å². The fourth-order valence-electron chi connectivity index (χ4n) is 13.6. The number of carbonyl (C=O) groups is 1. The second-order valence-electron chi connectivity index (χ2n) is 17.0. The zero-order valence-electron chi connectivity index (χ0n) is 26.9. The van der Waals surface area contributed by atoms with Crippen LogP contribution in [0.15, 0.2) is 0 Å². The van der Waals surface area contributed by atoms with Gasteiger partial charge in [0.05, 0.1) is 31.0 Å². The third-order valence-corrected chi connectivity index (χ3v) is 15.1. The van der Waals surface area contributed by atoms with E-state index in [0.717, 1.165) is 69.2 Å². The Balaban J connectivity index is 1.13. The summed E-state index contributed by atoms with van der Waals surface area (Å²) in [5, 5.41) is 10.9. The minimum Gasteiger partial charge on any atom is -0.457 e. The van der Waals surface area contributed by atoms with Crippen LogP contribution in [0.25, 0.3) is 0 Å². The molecule has 12 atom stereocenters. The van der Waals surface area contributed by atoms with Gasteiger partial charge in [-0.15, -0.1) is 0 Å². The van der Waals surface area contributed by atoms with Gasteiger partial charge in [0.2, 0.25) is 0 Å². The van der Waals surface area contributed by atoms with Gasteiger partial charge in [0.25, 0.3) is 0 Å². The predicted molar refractivity (Wildman–Crippen MR) is 158 cm³/mol. The zero-order valence-corrected chi connectivity index (χ0v) is 26.9. The molecule has 232 valence electrons. The van der Waals surface area contributed by atoms with E-state index in [1.165, 1.54) is 45.4 Å². The van der Waals surface area contributed by atoms with Crippen LogP contribution in [0.1, 0.15) is 106 Å². The fourth-order valence-corrected chi connectivity index (χ4v) is 13.6. The van der Waals surface area contributed by atoms with Gasteiger partial charge in [-0.05, 0) is 123 Å². The van der Waals surface area contributed by atoms with Crippen LogP contribution in [-0.4, -0.2) is 72.2 Å². The van der Waals surface area contributed by atoms with Gasteiger partial charge in [-0.2, -0.15) is 0 Å². The molecule has 2 heterocycles. The number of esters is 1. The van der Waals surface area contributed by atoms with E-state index in [0.29, 0.717) is 33.6 Å². The van der Waals surface area contributed by atoms with Gasteiger partial charge >= 0.3 is 5.97 Å². The standard InChI is InChI=1S/C35H57NO5/c1-21-34-15-14-33(7)24-8-10-26(30(32(5,6)38)40-22(2)37)41-27(24)20-25(33)23(34)9-11-28-31(3,4)29(12-13-35(21,28)34)36-16-18-39-19-17-36/h21,23-30,38H,8-20H2,1-7H3/t21-,23?,24?,25?,26?,27?,28?,29+,30-,33+,34-,35+/m0/s1. The minimum atomic E-state index is -1.12. The van der Waals surface area contributed by atoms with E-state index in [9.17, 15) is 9.90 Å². The second kappa shape index (κ2) is 9.41. The first-order valence-corrected chi connectivity index (χ1v) is 17.2. The normalized spacial score (nSPS) is 51.3. The van der Waals surface area contributed by atoms with Gasteiger partial charge in [0, 0.05) is 26.1 Å². The van der Waals surface area contributed by atoms with Crippen LogP contribution in [-0.2, 0) is 19.0 Å². The molecular weight excluding hydrogens is 514 g/mol. The van der Waals surface area contributed by atoms with E-state index >= 15 is 0 Å². The van der Waals surface area contributed by atoms with Gasteiger partial charge in [-0.3, -0.25) is 9.69 Å². The van der Waals surface area contributed by atoms with E-state index in [2.05, 4.69) is 32.6 Å². The number of carbonyl (C=O) groups excluding carboxylic acids is 1. The highest BCUT2D eigenvalue weighted by atomic mass is 16.6. The number of rotatable bonds is 4. The van der Waals surface area contributed by atoms with Crippen molar-refractivity contribution in [3.63, 3.8) is 0 Å². The molecule has 7 fully saturated rings. The average Bonchev–Trinajstić information content (AvgIpc) is 3.28. The van der Waals surface area contributed by atoms with Crippen LogP contribution < -0.4 is 0 Å². The van der Waals surface area contributed by atoms with Crippen molar-refractivity contribution in [3.8, 4) is 0 Å². The van der Waals surface area contributed by atoms with Crippen LogP contribution in [0.4, 0.5) is 0 Å². The molecule has 0 bridgehead atoms. The molecule has 6 unspecified atom stereocenters. The van der Waals surface area contributed by atoms with E-state index in [1.54, 1.807) is 13.8 Å². The SMILES string of the molecule is CC(=O)O[C@@H](C1CCC2C(CC3C4CCC5C(C)(C)[C@H](N6CCOCC6)CC[C@@]56[C@@H](C)[C@@]46CC[C@]23C)O1)C(C)(C)O. The van der Waals surface area contributed by atoms with Crippen molar-refractivity contribution in [2.24, 2.45) is 51.2 Å². The lowest BCUT2D eigenvalue weighted by Gasteiger charge is -2.61. The number of aliphatic hydroxyl groups is 1. The maximum absolute atomic E-state index is 11.9. The molecule has 5 aliphatic carbocycles. The van der Waals surface area contributed by atoms with Gasteiger partial charge in [-0.25, -0.2) is 0 Å². The Kier molecular flexibility index (Phi) is 6.66. The summed E-state index contributed by atoms with van der Waals surface area (Å²) in [5.74, 6) is 3.44. The van der Waals surface area contributed by atoms with E-state index < -0.39 is 11.7 Å². The molecular formula is C35H57NO5. The molecule has 0 radical (unpaired) electrons. The Hall–Kier alpha value is -0.690. The highest BCUT2D eigenvalue weighted by molar-refractivity contribution is 5.66. The Morgan fingerprint density at radius 2 is 1.66 bits per heavy atom. The molecule has 5 saturated carbocycles. The summed E-state index contributed by atoms with van der Waals surface area (Å²) >= 11 is 0. The zero-order chi connectivity index (χ0) is 29.2. The average molecular weight is 572 g/mol. The van der Waals surface area contributed by atoms with Crippen molar-refractivity contribution < 1.29 is 24.1 Å². The topological polar surface area (TPSA) is 68.2 Å². The first-order chi connectivity index (χ1) is 19.3. The third kappa shape index (κ3) is 3.84. The van der Waals surface area contributed by atoms with Crippen molar-refractivity contribution >= 4 is 5.97 Å². The molecule has 2 spiro atoms. The summed E-state index contributed by atoms with van der Waals surface area (Å²) < 4.78 is 18.3. The Morgan fingerprint density at radius 1 is 0.951 bits per heavy atom. The monoisotopic (exact) mass is 571 g/mol. The Morgan fingerprint density at radius 3 is 2.34 bits per heavy atom. The number of hydrogen-bond acceptors (Lipinski definition) is 6. The molecule has 6 heteroatoms. The molecule has 7 aliphatic rings. The van der Waals surface area contributed by atoms with Crippen LogP contribution in [0.3, 0.4) is 0 Å². The first-order valence-electron chi connectivity index (χ1n) is 17.2. The molecule has 41 heavy (non-hydrogen) atoms. The van der Waals surface area contributed by atoms with Gasteiger partial charge in [0.1, 0.15) is 0 Å². The lowest BCUT2D eigenvalue weighted by atomic mass is 9.46. The molecule has 6 nitrogen and oxygen atoms in total. The summed E-state index contributed by atoms with van der Waals surface area (Å²) in [4.78, 5) is 14.7. The maximum atomic E-state index is 11.9. The predicted octanol–water partition coefficient (Wildman–Crippen LogP) is 5.84. The lowest BCUT2D eigenvalue weighted by molar-refractivity contribution is -0.200. The third-order valence-electron chi connectivity index (χ3n) is 15.1. The molecule has 2 saturated heterocycles. The van der Waals surface area contributed by atoms with Crippen molar-refractivity contribution in [1.29, 1.82) is 0 Å². The summed E-state index contributed by atoms with van der Waals surface area (Å²) in [6.07, 6.45) is 10.8. The molecule has 0 aromatic heterocycles. The van der Waals surface area contributed by atoms with Crippen LogP contribution in [0.2, 0.25) is 0 Å². The number of hydrogen-bond donors (Lipinski definition) is 1. The largest absolute Gasteiger partial charge is 0.457 e. The molecule has 1 N–H and O–H groups in total. The smallest absolute Gasteiger partial charge is 0.303 e. The highest BCUT2D eigenvalue weighted by Crippen LogP contribution is 2.89. The van der Waals surface area contributed by atoms with Gasteiger partial charge in [-0.1, -0.05) is 27.7 Å².